The number of hydrogen-bond acceptors (Lipinski definition) is 9. The van der Waals surface area contributed by atoms with Gasteiger partial charge in [-0.2, -0.15) is 0 Å². The van der Waals surface area contributed by atoms with Crippen LogP contribution in [0, 0.1) is 6.92 Å². The standard InChI is InChI=1S/C42H44BrClN4O6/c1-5-47(30-10-7-6-8-11-30)23-28-20-27(21-33(43)38(28)45)39(50)40(51)34-12-9-13-35(46-34)41(54-25(3)49)37-24(2)48(36-19-18-31(53-4)22-32(36)37)42(52)26-14-16-29(44)17-15-26/h9,12-22,30,40-41,51H,5-8,10-11,23,45H2,1-4H3. The summed E-state index contributed by atoms with van der Waals surface area (Å²) in [7, 11) is 1.54. The number of pyridine rings is 1. The van der Waals surface area contributed by atoms with Crippen molar-refractivity contribution in [1.82, 2.24) is 14.5 Å². The summed E-state index contributed by atoms with van der Waals surface area (Å²) in [6.45, 7) is 6.61. The van der Waals surface area contributed by atoms with Crippen LogP contribution >= 0.6 is 27.5 Å². The maximum absolute atomic E-state index is 14.0. The van der Waals surface area contributed by atoms with E-state index in [0.29, 0.717) is 61.2 Å². The average molecular weight is 816 g/mol. The van der Waals surface area contributed by atoms with Crippen LogP contribution in [0.1, 0.15) is 107 Å². The summed E-state index contributed by atoms with van der Waals surface area (Å²) >= 11 is 9.65. The van der Waals surface area contributed by atoms with Crippen molar-refractivity contribution in [2.75, 3.05) is 19.4 Å². The molecule has 1 aliphatic rings. The third kappa shape index (κ3) is 8.10. The van der Waals surface area contributed by atoms with E-state index in [4.69, 9.17) is 31.8 Å². The fourth-order valence-electron chi connectivity index (χ4n) is 7.47. The summed E-state index contributed by atoms with van der Waals surface area (Å²) in [5.41, 5.74) is 10.4. The molecule has 12 heteroatoms. The molecule has 0 bridgehead atoms. The Morgan fingerprint density at radius 2 is 1.72 bits per heavy atom. The van der Waals surface area contributed by atoms with Gasteiger partial charge in [-0.15, -0.1) is 0 Å². The second kappa shape index (κ2) is 16.9. The van der Waals surface area contributed by atoms with Crippen LogP contribution in [0.15, 0.2) is 77.3 Å². The Hall–Kier alpha value is -4.55. The van der Waals surface area contributed by atoms with Gasteiger partial charge in [-0.05, 0) is 115 Å². The minimum Gasteiger partial charge on any atom is -0.497 e. The Labute approximate surface area is 328 Å². The predicted molar refractivity (Wildman–Crippen MR) is 213 cm³/mol. The summed E-state index contributed by atoms with van der Waals surface area (Å²) in [6, 6.07) is 20.5. The van der Waals surface area contributed by atoms with Crippen molar-refractivity contribution in [3.05, 3.63) is 122 Å². The first-order valence-corrected chi connectivity index (χ1v) is 19.3. The van der Waals surface area contributed by atoms with E-state index in [1.54, 1.807) is 84.3 Å². The molecule has 10 nitrogen and oxygen atoms in total. The zero-order valence-electron chi connectivity index (χ0n) is 30.8. The van der Waals surface area contributed by atoms with Crippen LogP contribution in [0.3, 0.4) is 0 Å². The second-order valence-electron chi connectivity index (χ2n) is 13.7. The molecule has 54 heavy (non-hydrogen) atoms. The van der Waals surface area contributed by atoms with Gasteiger partial charge >= 0.3 is 5.97 Å². The Balaban J connectivity index is 1.38. The number of nitrogens with two attached hydrogens (primary N) is 1. The lowest BCUT2D eigenvalue weighted by atomic mass is 9.93. The number of carbonyl (C=O) groups excluding carboxylic acids is 3. The van der Waals surface area contributed by atoms with E-state index in [1.165, 1.54) is 33.3 Å². The highest BCUT2D eigenvalue weighted by molar-refractivity contribution is 9.10. The third-order valence-electron chi connectivity index (χ3n) is 10.3. The highest BCUT2D eigenvalue weighted by Gasteiger charge is 2.31. The van der Waals surface area contributed by atoms with Gasteiger partial charge in [0.2, 0.25) is 0 Å². The number of rotatable bonds is 12. The molecule has 2 atom stereocenters. The Morgan fingerprint density at radius 1 is 1.02 bits per heavy atom. The molecule has 1 aliphatic carbocycles. The van der Waals surface area contributed by atoms with Crippen molar-refractivity contribution in [2.24, 2.45) is 0 Å². The van der Waals surface area contributed by atoms with Crippen LogP contribution in [0.4, 0.5) is 5.69 Å². The van der Waals surface area contributed by atoms with Gasteiger partial charge in [0, 0.05) is 56.8 Å². The van der Waals surface area contributed by atoms with E-state index >= 15 is 0 Å². The van der Waals surface area contributed by atoms with Gasteiger partial charge in [0.15, 0.2) is 18.0 Å². The molecule has 0 radical (unpaired) electrons. The number of anilines is 1. The number of aromatic nitrogens is 2. The molecule has 0 saturated heterocycles. The number of halogens is 2. The number of ether oxygens (including phenoxy) is 2. The number of nitrogens with zero attached hydrogens (tertiary/aromatic N) is 3. The van der Waals surface area contributed by atoms with E-state index in [1.807, 2.05) is 0 Å². The number of fused-ring (bicyclic) bond motifs is 1. The van der Waals surface area contributed by atoms with Crippen LogP contribution in [-0.2, 0) is 16.1 Å². The number of aliphatic hydroxyl groups is 1. The lowest BCUT2D eigenvalue weighted by molar-refractivity contribution is -0.144. The van der Waals surface area contributed by atoms with Gasteiger partial charge in [-0.25, -0.2) is 0 Å². The molecular formula is C42H44BrClN4O6. The summed E-state index contributed by atoms with van der Waals surface area (Å²) < 4.78 is 13.6. The van der Waals surface area contributed by atoms with Gasteiger partial charge in [0.05, 0.1) is 29.7 Å². The molecule has 0 spiro atoms. The van der Waals surface area contributed by atoms with Crippen molar-refractivity contribution in [1.29, 1.82) is 0 Å². The number of Topliss-reactive ketones (excluding diaryl/α,β-unsaturated/α-hetero) is 1. The summed E-state index contributed by atoms with van der Waals surface area (Å²) in [5, 5.41) is 12.6. The number of hydrogen-bond donors (Lipinski definition) is 2. The van der Waals surface area contributed by atoms with Crippen molar-refractivity contribution in [3.63, 3.8) is 0 Å². The largest absolute Gasteiger partial charge is 0.497 e. The van der Waals surface area contributed by atoms with Crippen LogP contribution < -0.4 is 10.5 Å². The molecular weight excluding hydrogens is 772 g/mol. The predicted octanol–water partition coefficient (Wildman–Crippen LogP) is 8.76. The van der Waals surface area contributed by atoms with Crippen molar-refractivity contribution < 1.29 is 29.0 Å². The van der Waals surface area contributed by atoms with Gasteiger partial charge < -0.3 is 20.3 Å². The van der Waals surface area contributed by atoms with E-state index in [-0.39, 0.29) is 22.9 Å². The van der Waals surface area contributed by atoms with Gasteiger partial charge in [0.25, 0.3) is 5.91 Å². The summed E-state index contributed by atoms with van der Waals surface area (Å²) in [6.07, 6.45) is 3.17. The van der Waals surface area contributed by atoms with Crippen LogP contribution in [0.2, 0.25) is 5.02 Å². The lowest BCUT2D eigenvalue weighted by Gasteiger charge is -2.34. The zero-order chi connectivity index (χ0) is 38.7. The molecule has 2 heterocycles. The lowest BCUT2D eigenvalue weighted by Crippen LogP contribution is -2.36. The first-order chi connectivity index (χ1) is 25.9. The number of esters is 1. The number of carbonyl (C=O) groups is 3. The molecule has 1 saturated carbocycles. The molecule has 5 aromatic rings. The quantitative estimate of drug-likeness (QED) is 0.0720. The van der Waals surface area contributed by atoms with Gasteiger partial charge in [-0.3, -0.25) is 28.8 Å². The number of nitrogen functional groups attached to an aromatic ring is 1. The Bertz CT molecular complexity index is 2200. The number of benzene rings is 3. The molecule has 3 aromatic carbocycles. The molecule has 1 fully saturated rings. The molecule has 0 aliphatic heterocycles. The first-order valence-electron chi connectivity index (χ1n) is 18.1. The fourth-order valence-corrected chi connectivity index (χ4v) is 8.09. The zero-order valence-corrected chi connectivity index (χ0v) is 33.1. The van der Waals surface area contributed by atoms with Crippen LogP contribution in [-0.4, -0.2) is 56.9 Å². The molecule has 2 aromatic heterocycles. The highest BCUT2D eigenvalue weighted by Crippen LogP contribution is 2.39. The average Bonchev–Trinajstić information content (AvgIpc) is 3.47. The van der Waals surface area contributed by atoms with Crippen molar-refractivity contribution in [3.8, 4) is 5.75 Å². The van der Waals surface area contributed by atoms with Crippen LogP contribution in [0.5, 0.6) is 5.75 Å². The van der Waals surface area contributed by atoms with Gasteiger partial charge in [0.1, 0.15) is 5.75 Å². The number of ketones is 1. The van der Waals surface area contributed by atoms with Crippen molar-refractivity contribution in [2.45, 2.75) is 77.7 Å². The maximum atomic E-state index is 14.0. The highest BCUT2D eigenvalue weighted by atomic mass is 79.9. The second-order valence-corrected chi connectivity index (χ2v) is 14.9. The molecule has 282 valence electrons. The fraction of sp³-hybridized carbons (Fsp3) is 0.333. The minimum absolute atomic E-state index is 0.0674. The van der Waals surface area contributed by atoms with Crippen LogP contribution in [0.25, 0.3) is 10.9 Å². The maximum Gasteiger partial charge on any atom is 0.303 e. The summed E-state index contributed by atoms with van der Waals surface area (Å²) in [5.74, 6) is -0.939. The molecule has 3 N–H and O–H groups in total. The van der Waals surface area contributed by atoms with E-state index in [9.17, 15) is 19.5 Å². The smallest absolute Gasteiger partial charge is 0.303 e. The topological polar surface area (TPSA) is 137 Å². The normalized spacial score (nSPS) is 14.6. The summed E-state index contributed by atoms with van der Waals surface area (Å²) in [4.78, 5) is 47.8. The van der Waals surface area contributed by atoms with E-state index in [0.717, 1.165) is 24.9 Å². The third-order valence-corrected chi connectivity index (χ3v) is 11.2. The first kappa shape index (κ1) is 39.2. The Kier molecular flexibility index (Phi) is 12.2. The molecule has 6 rings (SSSR count). The monoisotopic (exact) mass is 814 g/mol. The number of methoxy groups -OCH3 is 1. The Morgan fingerprint density at radius 3 is 2.39 bits per heavy atom. The molecule has 0 amide bonds. The van der Waals surface area contributed by atoms with Gasteiger partial charge in [-0.1, -0.05) is 43.9 Å². The SMILES string of the molecule is CCN(Cc1cc(C(=O)C(O)c2cccc(C(OC(C)=O)c3c(C)n(C(=O)c4ccc(Cl)cc4)c4ccc(OC)cc34)n2)cc(Br)c1N)C1CCCCC1. The van der Waals surface area contributed by atoms with E-state index < -0.39 is 24.0 Å². The van der Waals surface area contributed by atoms with Crippen molar-refractivity contribution >= 4 is 61.8 Å². The minimum atomic E-state index is -1.64. The van der Waals surface area contributed by atoms with E-state index in [2.05, 4.69) is 27.8 Å². The number of aliphatic hydroxyl groups excluding tert-OH is 1. The molecule has 2 unspecified atom stereocenters.